The number of carboxylic acid groups (broad SMARTS) is 1. The van der Waals surface area contributed by atoms with Gasteiger partial charge in [0.1, 0.15) is 10.9 Å². The Morgan fingerprint density at radius 1 is 1.30 bits per heavy atom. The number of carbonyl (C=O) groups is 1. The third kappa shape index (κ3) is 2.55. The van der Waals surface area contributed by atoms with Crippen molar-refractivity contribution in [1.82, 2.24) is 9.55 Å². The monoisotopic (exact) mass is 328 g/mol. The van der Waals surface area contributed by atoms with E-state index >= 15 is 0 Å². The first-order valence-electron chi connectivity index (χ1n) is 7.19. The number of benzene rings is 1. The van der Waals surface area contributed by atoms with Crippen LogP contribution in [0.5, 0.6) is 0 Å². The quantitative estimate of drug-likeness (QED) is 0.800. The minimum absolute atomic E-state index is 0.320. The average molecular weight is 328 g/mol. The number of aromatic nitrogens is 2. The molecule has 0 spiro atoms. The number of fused-ring (bicyclic) bond motifs is 1. The van der Waals surface area contributed by atoms with Gasteiger partial charge >= 0.3 is 5.97 Å². The number of nitrogens with zero attached hydrogens (tertiary/aromatic N) is 2. The molecule has 2 aromatic heterocycles. The maximum Gasteiger partial charge on any atom is 0.326 e. The zero-order valence-electron chi connectivity index (χ0n) is 13.0. The molecule has 1 aromatic carbocycles. The molecule has 3 aromatic rings. The van der Waals surface area contributed by atoms with Crippen LogP contribution in [-0.4, -0.2) is 20.6 Å². The summed E-state index contributed by atoms with van der Waals surface area (Å²) in [6, 6.07) is 5.07. The lowest BCUT2D eigenvalue weighted by Gasteiger charge is -2.10. The van der Waals surface area contributed by atoms with Crippen molar-refractivity contribution in [2.45, 2.75) is 26.8 Å². The van der Waals surface area contributed by atoms with E-state index in [0.29, 0.717) is 10.2 Å². The maximum absolute atomic E-state index is 12.7. The third-order valence-electron chi connectivity index (χ3n) is 4.11. The Morgan fingerprint density at radius 2 is 2.04 bits per heavy atom. The van der Waals surface area contributed by atoms with Crippen molar-refractivity contribution < 1.29 is 9.90 Å². The Balaban J connectivity index is 2.27. The van der Waals surface area contributed by atoms with Gasteiger partial charge in [-0.25, -0.2) is 9.78 Å². The van der Waals surface area contributed by atoms with E-state index in [1.807, 2.05) is 37.4 Å². The fraction of sp³-hybridized carbons (Fsp3) is 0.235. The molecule has 0 amide bonds. The molecule has 0 aliphatic carbocycles. The van der Waals surface area contributed by atoms with Gasteiger partial charge in [-0.15, -0.1) is 11.3 Å². The zero-order valence-corrected chi connectivity index (χ0v) is 13.8. The number of aryl methyl sites for hydroxylation is 2. The van der Waals surface area contributed by atoms with Crippen molar-refractivity contribution >= 4 is 27.5 Å². The van der Waals surface area contributed by atoms with Gasteiger partial charge in [0.25, 0.3) is 5.56 Å². The predicted octanol–water partition coefficient (Wildman–Crippen LogP) is 3.39. The molecule has 5 nitrogen and oxygen atoms in total. The molecule has 0 fully saturated rings. The van der Waals surface area contributed by atoms with Crippen LogP contribution in [0.3, 0.4) is 0 Å². The normalized spacial score (nSPS) is 12.5. The molecule has 2 heterocycles. The second-order valence-corrected chi connectivity index (χ2v) is 6.46. The van der Waals surface area contributed by atoms with Crippen molar-refractivity contribution in [3.63, 3.8) is 0 Å². The van der Waals surface area contributed by atoms with E-state index in [1.165, 1.54) is 34.7 Å². The molecule has 23 heavy (non-hydrogen) atoms. The highest BCUT2D eigenvalue weighted by atomic mass is 32.1. The fourth-order valence-electron chi connectivity index (χ4n) is 2.46. The van der Waals surface area contributed by atoms with E-state index in [0.717, 1.165) is 16.7 Å². The summed E-state index contributed by atoms with van der Waals surface area (Å²) in [6.07, 6.45) is 1.31. The largest absolute Gasteiger partial charge is 0.480 e. The minimum Gasteiger partial charge on any atom is -0.480 e. The topological polar surface area (TPSA) is 72.2 Å². The predicted molar refractivity (Wildman–Crippen MR) is 91.1 cm³/mol. The second-order valence-electron chi connectivity index (χ2n) is 5.60. The molecule has 0 saturated carbocycles. The number of aliphatic carboxylic acids is 1. The molecule has 0 radical (unpaired) electrons. The molecule has 6 heteroatoms. The molecule has 118 valence electrons. The van der Waals surface area contributed by atoms with Crippen LogP contribution in [0.4, 0.5) is 0 Å². The summed E-state index contributed by atoms with van der Waals surface area (Å²) in [4.78, 5) is 28.8. The highest BCUT2D eigenvalue weighted by Gasteiger charge is 2.19. The fourth-order valence-corrected chi connectivity index (χ4v) is 3.37. The molecule has 0 aliphatic heterocycles. The lowest BCUT2D eigenvalue weighted by atomic mass is 10.0. The lowest BCUT2D eigenvalue weighted by Crippen LogP contribution is -2.28. The van der Waals surface area contributed by atoms with Crippen LogP contribution in [-0.2, 0) is 4.79 Å². The van der Waals surface area contributed by atoms with E-state index < -0.39 is 12.0 Å². The van der Waals surface area contributed by atoms with Crippen molar-refractivity contribution in [1.29, 1.82) is 0 Å². The standard InChI is InChI=1S/C17H16N2O3S/c1-9-4-5-12(6-10(9)2)13-7-23-15-14(13)16(20)19(8-18-15)11(3)17(21)22/h4-8,11H,1-3H3,(H,21,22)/t11-/m1/s1. The van der Waals surface area contributed by atoms with Crippen molar-refractivity contribution in [3.8, 4) is 11.1 Å². The summed E-state index contributed by atoms with van der Waals surface area (Å²) in [5, 5.41) is 11.5. The summed E-state index contributed by atoms with van der Waals surface area (Å²) in [5.74, 6) is -1.06. The van der Waals surface area contributed by atoms with Gasteiger partial charge in [0.15, 0.2) is 0 Å². The molecular formula is C17H16N2O3S. The van der Waals surface area contributed by atoms with Gasteiger partial charge in [0.2, 0.25) is 0 Å². The molecule has 0 unspecified atom stereocenters. The Labute approximate surface area is 136 Å². The van der Waals surface area contributed by atoms with Crippen LogP contribution >= 0.6 is 11.3 Å². The molecular weight excluding hydrogens is 312 g/mol. The Bertz CT molecular complexity index is 972. The summed E-state index contributed by atoms with van der Waals surface area (Å²) < 4.78 is 1.17. The van der Waals surface area contributed by atoms with Gasteiger partial charge in [-0.3, -0.25) is 9.36 Å². The molecule has 0 bridgehead atoms. The van der Waals surface area contributed by atoms with Crippen LogP contribution in [0.15, 0.2) is 34.7 Å². The third-order valence-corrected chi connectivity index (χ3v) is 5.00. The van der Waals surface area contributed by atoms with Crippen LogP contribution in [0.1, 0.15) is 24.1 Å². The molecule has 0 aliphatic rings. The summed E-state index contributed by atoms with van der Waals surface area (Å²) >= 11 is 1.39. The number of carboxylic acids is 1. The molecule has 1 N–H and O–H groups in total. The highest BCUT2D eigenvalue weighted by molar-refractivity contribution is 7.17. The lowest BCUT2D eigenvalue weighted by molar-refractivity contribution is -0.140. The first-order valence-corrected chi connectivity index (χ1v) is 8.07. The van der Waals surface area contributed by atoms with Gasteiger partial charge in [0, 0.05) is 10.9 Å². The van der Waals surface area contributed by atoms with E-state index in [-0.39, 0.29) is 5.56 Å². The van der Waals surface area contributed by atoms with E-state index in [4.69, 9.17) is 5.11 Å². The molecule has 1 atom stereocenters. The summed E-state index contributed by atoms with van der Waals surface area (Å²) in [7, 11) is 0. The summed E-state index contributed by atoms with van der Waals surface area (Å²) in [6.45, 7) is 5.53. The molecule has 0 saturated heterocycles. The van der Waals surface area contributed by atoms with Gasteiger partial charge in [-0.1, -0.05) is 18.2 Å². The number of hydrogen-bond acceptors (Lipinski definition) is 4. The van der Waals surface area contributed by atoms with Crippen LogP contribution in [0, 0.1) is 13.8 Å². The molecule has 3 rings (SSSR count). The second kappa shape index (κ2) is 5.62. The Kier molecular flexibility index (Phi) is 3.77. The zero-order chi connectivity index (χ0) is 16.7. The maximum atomic E-state index is 12.7. The number of hydrogen-bond donors (Lipinski definition) is 1. The van der Waals surface area contributed by atoms with E-state index in [1.54, 1.807) is 0 Å². The van der Waals surface area contributed by atoms with Crippen molar-refractivity contribution in [2.24, 2.45) is 0 Å². The Hall–Kier alpha value is -2.47. The first-order chi connectivity index (χ1) is 10.9. The van der Waals surface area contributed by atoms with E-state index in [9.17, 15) is 9.59 Å². The highest BCUT2D eigenvalue weighted by Crippen LogP contribution is 2.31. The van der Waals surface area contributed by atoms with E-state index in [2.05, 4.69) is 4.98 Å². The van der Waals surface area contributed by atoms with Crippen LogP contribution in [0.25, 0.3) is 21.3 Å². The summed E-state index contributed by atoms with van der Waals surface area (Å²) in [5.41, 5.74) is 3.75. The average Bonchev–Trinajstić information content (AvgIpc) is 2.94. The van der Waals surface area contributed by atoms with Gasteiger partial charge in [-0.2, -0.15) is 0 Å². The van der Waals surface area contributed by atoms with Gasteiger partial charge in [-0.05, 0) is 37.5 Å². The van der Waals surface area contributed by atoms with Crippen LogP contribution in [0.2, 0.25) is 0 Å². The SMILES string of the molecule is Cc1ccc(-c2csc3ncn([C@H](C)C(=O)O)c(=O)c23)cc1C. The van der Waals surface area contributed by atoms with Gasteiger partial charge < -0.3 is 5.11 Å². The van der Waals surface area contributed by atoms with Gasteiger partial charge in [0.05, 0.1) is 11.7 Å². The van der Waals surface area contributed by atoms with Crippen molar-refractivity contribution in [2.75, 3.05) is 0 Å². The smallest absolute Gasteiger partial charge is 0.326 e. The Morgan fingerprint density at radius 3 is 2.70 bits per heavy atom. The van der Waals surface area contributed by atoms with Crippen molar-refractivity contribution in [3.05, 3.63) is 51.4 Å². The number of thiophene rings is 1. The number of rotatable bonds is 3. The first kappa shape index (κ1) is 15.4. The minimum atomic E-state index is -1.06. The van der Waals surface area contributed by atoms with Crippen LogP contribution < -0.4 is 5.56 Å².